The van der Waals surface area contributed by atoms with Crippen molar-refractivity contribution in [1.29, 1.82) is 0 Å². The van der Waals surface area contributed by atoms with Crippen molar-refractivity contribution in [3.8, 4) is 17.5 Å². The Bertz CT molecular complexity index is 973. The normalized spacial score (nSPS) is 11.6. The lowest BCUT2D eigenvalue weighted by atomic mass is 10.3. The maximum absolute atomic E-state index is 12.2. The third-order valence-electron chi connectivity index (χ3n) is 2.62. The molecule has 8 nitrogen and oxygen atoms in total. The molecule has 0 aliphatic rings. The Kier molecular flexibility index (Phi) is 3.32. The second kappa shape index (κ2) is 5.19. The van der Waals surface area contributed by atoms with Gasteiger partial charge in [-0.1, -0.05) is 6.07 Å². The van der Waals surface area contributed by atoms with E-state index < -0.39 is 23.4 Å². The summed E-state index contributed by atoms with van der Waals surface area (Å²) >= 11 is 0. The number of hydrogen-bond donors (Lipinski definition) is 3. The number of nitrogens with one attached hydrogen (secondary N) is 3. The molecule has 0 bridgehead atoms. The van der Waals surface area contributed by atoms with E-state index in [9.17, 15) is 22.8 Å². The number of imidazole rings is 1. The summed E-state index contributed by atoms with van der Waals surface area (Å²) in [6.45, 7) is 0. The van der Waals surface area contributed by atoms with Crippen molar-refractivity contribution >= 4 is 11.2 Å². The van der Waals surface area contributed by atoms with Gasteiger partial charge in [-0.2, -0.15) is 4.98 Å². The van der Waals surface area contributed by atoms with Crippen LogP contribution in [0.4, 0.5) is 13.2 Å². The lowest BCUT2D eigenvalue weighted by molar-refractivity contribution is -0.274. The number of aromatic nitrogens is 4. The summed E-state index contributed by atoms with van der Waals surface area (Å²) < 4.78 is 45.5. The van der Waals surface area contributed by atoms with Gasteiger partial charge in [0.25, 0.3) is 5.56 Å². The fourth-order valence-electron chi connectivity index (χ4n) is 1.81. The lowest BCUT2D eigenvalue weighted by Crippen LogP contribution is -2.21. The highest BCUT2D eigenvalue weighted by Crippen LogP contribution is 2.28. The predicted octanol–water partition coefficient (Wildman–Crippen LogP) is 1.63. The fraction of sp³-hybridized carbons (Fsp3) is 0.0833. The van der Waals surface area contributed by atoms with Gasteiger partial charge in [0.05, 0.1) is 0 Å². The molecule has 1 aromatic carbocycles. The molecule has 0 unspecified atom stereocenters. The van der Waals surface area contributed by atoms with Crippen LogP contribution < -0.4 is 20.7 Å². The van der Waals surface area contributed by atoms with Crippen LogP contribution in [0, 0.1) is 0 Å². The number of fused-ring (bicyclic) bond motifs is 1. The zero-order valence-electron chi connectivity index (χ0n) is 11.0. The maximum Gasteiger partial charge on any atom is 0.573 e. The van der Waals surface area contributed by atoms with E-state index in [0.29, 0.717) is 0 Å². The molecule has 0 saturated carbocycles. The van der Waals surface area contributed by atoms with Crippen LogP contribution in [-0.2, 0) is 0 Å². The highest BCUT2D eigenvalue weighted by atomic mass is 19.4. The topological polar surface area (TPSA) is 113 Å². The summed E-state index contributed by atoms with van der Waals surface area (Å²) in [6.07, 6.45) is -4.83. The highest BCUT2D eigenvalue weighted by Gasteiger charge is 2.31. The largest absolute Gasteiger partial charge is 0.573 e. The molecule has 0 aliphatic carbocycles. The Labute approximate surface area is 123 Å². The van der Waals surface area contributed by atoms with Crippen LogP contribution >= 0.6 is 0 Å². The number of nitrogens with zero attached hydrogens (tertiary/aromatic N) is 1. The van der Waals surface area contributed by atoms with Crippen LogP contribution in [0.1, 0.15) is 0 Å². The quantitative estimate of drug-likeness (QED) is 0.676. The molecule has 0 atom stereocenters. The van der Waals surface area contributed by atoms with Crippen LogP contribution in [0.25, 0.3) is 11.2 Å². The monoisotopic (exact) mass is 328 g/mol. The van der Waals surface area contributed by atoms with Crippen LogP contribution in [0.2, 0.25) is 0 Å². The Morgan fingerprint density at radius 1 is 1.04 bits per heavy atom. The molecular formula is C12H7F3N4O4. The first kappa shape index (κ1) is 14.7. The van der Waals surface area contributed by atoms with Crippen molar-refractivity contribution < 1.29 is 22.6 Å². The van der Waals surface area contributed by atoms with Crippen molar-refractivity contribution in [3.63, 3.8) is 0 Å². The third kappa shape index (κ3) is 3.33. The summed E-state index contributed by atoms with van der Waals surface area (Å²) in [7, 11) is 0. The Hall–Kier alpha value is -3.24. The summed E-state index contributed by atoms with van der Waals surface area (Å²) in [5.74, 6) is -0.484. The molecule has 3 aromatic rings. The van der Waals surface area contributed by atoms with E-state index >= 15 is 0 Å². The number of aromatic amines is 3. The van der Waals surface area contributed by atoms with Gasteiger partial charge in [0, 0.05) is 6.07 Å². The van der Waals surface area contributed by atoms with Gasteiger partial charge in [-0.15, -0.1) is 13.2 Å². The highest BCUT2D eigenvalue weighted by molar-refractivity contribution is 5.69. The van der Waals surface area contributed by atoms with E-state index in [4.69, 9.17) is 4.74 Å². The first-order chi connectivity index (χ1) is 10.8. The Morgan fingerprint density at radius 3 is 2.52 bits per heavy atom. The van der Waals surface area contributed by atoms with E-state index in [1.54, 1.807) is 0 Å². The number of benzene rings is 1. The molecule has 3 rings (SSSR count). The van der Waals surface area contributed by atoms with E-state index in [2.05, 4.69) is 19.7 Å². The first-order valence-corrected chi connectivity index (χ1v) is 6.06. The Balaban J connectivity index is 1.90. The number of hydrogen-bond acceptors (Lipinski definition) is 5. The zero-order chi connectivity index (χ0) is 16.6. The summed E-state index contributed by atoms with van der Waals surface area (Å²) in [5.41, 5.74) is -1.54. The molecule has 0 spiro atoms. The fourth-order valence-corrected chi connectivity index (χ4v) is 1.81. The SMILES string of the molecule is O=c1[nH]c(=O)c2[nH]c(Oc3cccc(OC(F)(F)F)c3)nc2[nH]1. The average Bonchev–Trinajstić information content (AvgIpc) is 2.79. The van der Waals surface area contributed by atoms with Crippen LogP contribution in [0.15, 0.2) is 33.9 Å². The Morgan fingerprint density at radius 2 is 1.78 bits per heavy atom. The van der Waals surface area contributed by atoms with Crippen LogP contribution in [0.3, 0.4) is 0 Å². The van der Waals surface area contributed by atoms with Crippen LogP contribution in [0.5, 0.6) is 17.5 Å². The van der Waals surface area contributed by atoms with Gasteiger partial charge >= 0.3 is 18.1 Å². The standard InChI is InChI=1S/C12H7F3N4O4/c13-12(14,15)23-6-3-1-2-5(4-6)22-11-16-7-8(18-11)17-10(21)19-9(7)20/h1-4H,(H3,16,17,18,19,20,21). The molecule has 0 radical (unpaired) electrons. The van der Waals surface area contributed by atoms with Gasteiger partial charge in [-0.3, -0.25) is 14.8 Å². The van der Waals surface area contributed by atoms with E-state index in [1.165, 1.54) is 12.1 Å². The minimum absolute atomic E-state index is 0.00965. The minimum Gasteiger partial charge on any atom is -0.425 e. The van der Waals surface area contributed by atoms with E-state index in [-0.39, 0.29) is 22.9 Å². The van der Waals surface area contributed by atoms with Gasteiger partial charge < -0.3 is 14.5 Å². The zero-order valence-corrected chi connectivity index (χ0v) is 11.0. The smallest absolute Gasteiger partial charge is 0.425 e. The summed E-state index contributed by atoms with van der Waals surface area (Å²) in [4.78, 5) is 33.2. The molecular weight excluding hydrogens is 321 g/mol. The summed E-state index contributed by atoms with van der Waals surface area (Å²) in [6, 6.07) is 4.56. The average molecular weight is 328 g/mol. The third-order valence-corrected chi connectivity index (χ3v) is 2.62. The van der Waals surface area contributed by atoms with Gasteiger partial charge in [0.15, 0.2) is 11.2 Å². The number of alkyl halides is 3. The number of halogens is 3. The van der Waals surface area contributed by atoms with Gasteiger partial charge in [0.1, 0.15) is 11.5 Å². The van der Waals surface area contributed by atoms with Gasteiger partial charge in [-0.05, 0) is 12.1 Å². The molecule has 120 valence electrons. The van der Waals surface area contributed by atoms with Crippen molar-refractivity contribution in [1.82, 2.24) is 19.9 Å². The minimum atomic E-state index is -4.83. The van der Waals surface area contributed by atoms with Crippen molar-refractivity contribution in [2.75, 3.05) is 0 Å². The molecule has 0 saturated heterocycles. The van der Waals surface area contributed by atoms with Crippen molar-refractivity contribution in [3.05, 3.63) is 45.1 Å². The van der Waals surface area contributed by atoms with Crippen LogP contribution in [-0.4, -0.2) is 26.3 Å². The molecule has 2 heterocycles. The van der Waals surface area contributed by atoms with E-state index in [1.807, 2.05) is 4.98 Å². The molecule has 2 aromatic heterocycles. The number of ether oxygens (including phenoxy) is 2. The van der Waals surface area contributed by atoms with Gasteiger partial charge in [-0.25, -0.2) is 4.79 Å². The molecule has 11 heteroatoms. The second-order valence-corrected chi connectivity index (χ2v) is 4.30. The first-order valence-electron chi connectivity index (χ1n) is 6.06. The number of H-pyrrole nitrogens is 3. The summed E-state index contributed by atoms with van der Waals surface area (Å²) in [5, 5.41) is 0. The molecule has 3 N–H and O–H groups in total. The maximum atomic E-state index is 12.2. The van der Waals surface area contributed by atoms with Crippen molar-refractivity contribution in [2.24, 2.45) is 0 Å². The van der Waals surface area contributed by atoms with E-state index in [0.717, 1.165) is 12.1 Å². The second-order valence-electron chi connectivity index (χ2n) is 4.30. The predicted molar refractivity (Wildman–Crippen MR) is 70.5 cm³/mol. The number of rotatable bonds is 3. The molecule has 0 fully saturated rings. The van der Waals surface area contributed by atoms with Gasteiger partial charge in [0.2, 0.25) is 0 Å². The molecule has 23 heavy (non-hydrogen) atoms. The molecule has 0 aliphatic heterocycles. The lowest BCUT2D eigenvalue weighted by Gasteiger charge is -2.09. The van der Waals surface area contributed by atoms with Crippen molar-refractivity contribution in [2.45, 2.75) is 6.36 Å². The molecule has 0 amide bonds.